The van der Waals surface area contributed by atoms with Gasteiger partial charge in [0.1, 0.15) is 12.3 Å². The zero-order valence-electron chi connectivity index (χ0n) is 16.7. The number of rotatable bonds is 7. The van der Waals surface area contributed by atoms with Crippen molar-refractivity contribution in [1.82, 2.24) is 9.97 Å². The van der Waals surface area contributed by atoms with E-state index in [2.05, 4.69) is 15.3 Å². The molecular weight excluding hydrogens is 398 g/mol. The number of nitro groups is 1. The van der Waals surface area contributed by atoms with Crippen LogP contribution in [0.1, 0.15) is 28.8 Å². The lowest BCUT2D eigenvalue weighted by atomic mass is 10.1. The highest BCUT2D eigenvalue weighted by atomic mass is 16.6. The van der Waals surface area contributed by atoms with Crippen molar-refractivity contribution in [3.05, 3.63) is 82.3 Å². The van der Waals surface area contributed by atoms with Crippen molar-refractivity contribution < 1.29 is 14.5 Å². The van der Waals surface area contributed by atoms with Crippen LogP contribution in [0.3, 0.4) is 0 Å². The number of nitrogens with one attached hydrogen (secondary N) is 1. The van der Waals surface area contributed by atoms with Crippen LogP contribution in [0.15, 0.2) is 61.1 Å². The number of carbonyl (C=O) groups is 1. The predicted octanol–water partition coefficient (Wildman–Crippen LogP) is 3.82. The minimum Gasteiger partial charge on any atom is -0.485 e. The van der Waals surface area contributed by atoms with Crippen LogP contribution in [0, 0.1) is 10.1 Å². The maximum atomic E-state index is 12.8. The molecule has 1 aromatic carbocycles. The number of carbonyl (C=O) groups excluding carboxylic acids is 1. The fourth-order valence-corrected chi connectivity index (χ4v) is 3.46. The van der Waals surface area contributed by atoms with E-state index in [1.807, 2.05) is 17.0 Å². The third-order valence-electron chi connectivity index (χ3n) is 5.03. The molecule has 1 aliphatic heterocycles. The van der Waals surface area contributed by atoms with Crippen LogP contribution in [0.2, 0.25) is 0 Å². The number of benzene rings is 1. The normalized spacial score (nSPS) is 13.1. The summed E-state index contributed by atoms with van der Waals surface area (Å²) < 4.78 is 5.79. The van der Waals surface area contributed by atoms with E-state index in [0.717, 1.165) is 31.5 Å². The van der Waals surface area contributed by atoms with Gasteiger partial charge in [0.15, 0.2) is 11.6 Å². The van der Waals surface area contributed by atoms with E-state index >= 15 is 0 Å². The third kappa shape index (κ3) is 4.77. The fourth-order valence-electron chi connectivity index (χ4n) is 3.46. The quantitative estimate of drug-likeness (QED) is 0.458. The molecule has 9 heteroatoms. The Bertz CT molecular complexity index is 1080. The zero-order chi connectivity index (χ0) is 21.6. The number of amides is 1. The van der Waals surface area contributed by atoms with Crippen molar-refractivity contribution in [3.8, 4) is 5.75 Å². The number of pyridine rings is 2. The lowest BCUT2D eigenvalue weighted by Crippen LogP contribution is -2.20. The van der Waals surface area contributed by atoms with Crippen LogP contribution < -0.4 is 15.0 Å². The van der Waals surface area contributed by atoms with Crippen LogP contribution in [0.5, 0.6) is 5.75 Å². The lowest BCUT2D eigenvalue weighted by Gasteiger charge is -2.18. The summed E-state index contributed by atoms with van der Waals surface area (Å²) in [6.07, 6.45) is 6.88. The molecule has 0 aliphatic carbocycles. The molecule has 0 saturated carbocycles. The maximum Gasteiger partial charge on any atom is 0.293 e. The highest BCUT2D eigenvalue weighted by Crippen LogP contribution is 2.32. The minimum atomic E-state index is -0.497. The Morgan fingerprint density at radius 1 is 1.13 bits per heavy atom. The first-order valence-corrected chi connectivity index (χ1v) is 9.93. The SMILES string of the molecule is O=C(Nc1ncccc1OCc1ccncc1)c1ccc(N2CCCC2)c([N+](=O)[O-])c1. The molecule has 1 aliphatic rings. The fraction of sp³-hybridized carbons (Fsp3) is 0.227. The van der Waals surface area contributed by atoms with E-state index in [4.69, 9.17) is 4.74 Å². The number of ether oxygens (including phenoxy) is 1. The Labute approximate surface area is 178 Å². The van der Waals surface area contributed by atoms with Gasteiger partial charge in [0.05, 0.1) is 4.92 Å². The summed E-state index contributed by atoms with van der Waals surface area (Å²) in [5.74, 6) is 0.146. The Morgan fingerprint density at radius 2 is 1.90 bits per heavy atom. The second-order valence-corrected chi connectivity index (χ2v) is 7.10. The predicted molar refractivity (Wildman–Crippen MR) is 115 cm³/mol. The number of nitrogens with zero attached hydrogens (tertiary/aromatic N) is 4. The van der Waals surface area contributed by atoms with E-state index in [1.165, 1.54) is 12.3 Å². The summed E-state index contributed by atoms with van der Waals surface area (Å²) in [7, 11) is 0. The molecule has 31 heavy (non-hydrogen) atoms. The van der Waals surface area contributed by atoms with Crippen molar-refractivity contribution in [2.75, 3.05) is 23.3 Å². The molecule has 3 heterocycles. The van der Waals surface area contributed by atoms with Crippen molar-refractivity contribution in [3.63, 3.8) is 0 Å². The van der Waals surface area contributed by atoms with Crippen LogP contribution in [-0.2, 0) is 6.61 Å². The maximum absolute atomic E-state index is 12.8. The summed E-state index contributed by atoms with van der Waals surface area (Å²) in [5, 5.41) is 14.3. The minimum absolute atomic E-state index is 0.0790. The highest BCUT2D eigenvalue weighted by Gasteiger charge is 2.24. The largest absolute Gasteiger partial charge is 0.485 e. The van der Waals surface area contributed by atoms with Crippen molar-refractivity contribution >= 4 is 23.1 Å². The molecule has 4 rings (SSSR count). The first-order valence-electron chi connectivity index (χ1n) is 9.93. The second-order valence-electron chi connectivity index (χ2n) is 7.10. The Balaban J connectivity index is 1.52. The van der Waals surface area contributed by atoms with Gasteiger partial charge in [0, 0.05) is 43.3 Å². The zero-order valence-corrected chi connectivity index (χ0v) is 16.7. The molecule has 1 saturated heterocycles. The third-order valence-corrected chi connectivity index (χ3v) is 5.03. The Kier molecular flexibility index (Phi) is 6.02. The van der Waals surface area contributed by atoms with Crippen molar-refractivity contribution in [1.29, 1.82) is 0 Å². The molecule has 0 atom stereocenters. The van der Waals surface area contributed by atoms with E-state index in [-0.39, 0.29) is 23.7 Å². The Morgan fingerprint density at radius 3 is 2.65 bits per heavy atom. The number of hydrogen-bond donors (Lipinski definition) is 1. The van der Waals surface area contributed by atoms with Gasteiger partial charge in [-0.1, -0.05) is 0 Å². The number of hydrogen-bond acceptors (Lipinski definition) is 7. The molecular formula is C22H21N5O4. The molecule has 1 N–H and O–H groups in total. The summed E-state index contributed by atoms with van der Waals surface area (Å²) in [4.78, 5) is 34.1. The van der Waals surface area contributed by atoms with Gasteiger partial charge in [-0.25, -0.2) is 4.98 Å². The molecule has 0 unspecified atom stereocenters. The highest BCUT2D eigenvalue weighted by molar-refractivity contribution is 6.05. The van der Waals surface area contributed by atoms with Gasteiger partial charge in [0.2, 0.25) is 0 Å². The molecule has 2 aromatic heterocycles. The number of nitro benzene ring substituents is 1. The van der Waals surface area contributed by atoms with Gasteiger partial charge in [-0.05, 0) is 54.8 Å². The topological polar surface area (TPSA) is 110 Å². The average molecular weight is 419 g/mol. The Hall–Kier alpha value is -4.01. The molecule has 0 radical (unpaired) electrons. The van der Waals surface area contributed by atoms with E-state index < -0.39 is 10.8 Å². The van der Waals surface area contributed by atoms with Gasteiger partial charge in [0.25, 0.3) is 11.6 Å². The van der Waals surface area contributed by atoms with Crippen LogP contribution in [0.4, 0.5) is 17.2 Å². The second kappa shape index (κ2) is 9.21. The van der Waals surface area contributed by atoms with E-state index in [9.17, 15) is 14.9 Å². The molecule has 3 aromatic rings. The monoisotopic (exact) mass is 419 g/mol. The van der Waals surface area contributed by atoms with Crippen LogP contribution >= 0.6 is 0 Å². The average Bonchev–Trinajstić information content (AvgIpc) is 3.33. The standard InChI is InChI=1S/C22H21N5O4/c28-22(17-5-6-18(19(14-17)27(29)30)26-12-1-2-13-26)25-21-20(4-3-9-24-21)31-15-16-7-10-23-11-8-16/h3-11,14H,1-2,12-13,15H2,(H,24,25,28). The number of anilines is 2. The number of aromatic nitrogens is 2. The van der Waals surface area contributed by atoms with Crippen LogP contribution in [0.25, 0.3) is 0 Å². The molecule has 1 amide bonds. The van der Waals surface area contributed by atoms with Gasteiger partial charge >= 0.3 is 0 Å². The van der Waals surface area contributed by atoms with E-state index in [1.54, 1.807) is 36.7 Å². The summed E-state index contributed by atoms with van der Waals surface area (Å²) in [6, 6.07) is 11.6. The van der Waals surface area contributed by atoms with Gasteiger partial charge in [-0.2, -0.15) is 0 Å². The first-order chi connectivity index (χ1) is 15.1. The lowest BCUT2D eigenvalue weighted by molar-refractivity contribution is -0.384. The smallest absolute Gasteiger partial charge is 0.293 e. The molecule has 1 fully saturated rings. The summed E-state index contributed by atoms with van der Waals surface area (Å²) in [5.41, 5.74) is 1.56. The molecule has 9 nitrogen and oxygen atoms in total. The molecule has 0 spiro atoms. The van der Waals surface area contributed by atoms with Gasteiger partial charge in [-0.3, -0.25) is 19.9 Å². The summed E-state index contributed by atoms with van der Waals surface area (Å²) >= 11 is 0. The van der Waals surface area contributed by atoms with Crippen molar-refractivity contribution in [2.45, 2.75) is 19.4 Å². The first kappa shape index (κ1) is 20.3. The van der Waals surface area contributed by atoms with Gasteiger partial charge < -0.3 is 15.0 Å². The summed E-state index contributed by atoms with van der Waals surface area (Å²) in [6.45, 7) is 1.84. The van der Waals surface area contributed by atoms with Gasteiger partial charge in [-0.15, -0.1) is 0 Å². The van der Waals surface area contributed by atoms with Crippen LogP contribution in [-0.4, -0.2) is 33.9 Å². The molecule has 0 bridgehead atoms. The van der Waals surface area contributed by atoms with E-state index in [0.29, 0.717) is 11.4 Å². The molecule has 158 valence electrons. The van der Waals surface area contributed by atoms with Crippen molar-refractivity contribution in [2.24, 2.45) is 0 Å².